The number of aromatic hydroxyl groups is 1. The summed E-state index contributed by atoms with van der Waals surface area (Å²) in [6, 6.07) is 14.9. The van der Waals surface area contributed by atoms with Crippen molar-refractivity contribution in [3.8, 4) is 11.5 Å². The molecule has 0 amide bonds. The molecule has 23 heavy (non-hydrogen) atoms. The van der Waals surface area contributed by atoms with E-state index in [1.54, 1.807) is 19.2 Å². The predicted molar refractivity (Wildman–Crippen MR) is 104 cm³/mol. The average Bonchev–Trinajstić information content (AvgIpc) is 2.55. The molecule has 0 bridgehead atoms. The molecule has 0 saturated heterocycles. The Morgan fingerprint density at radius 1 is 1.09 bits per heavy atom. The molecule has 0 aliphatic rings. The highest BCUT2D eigenvalue weighted by molar-refractivity contribution is 14.0. The average molecular weight is 427 g/mol. The SMILES string of the molecule is COc1ccc(CCNC(N)=NCc2ccc(O)cc2)cc1.I. The zero-order valence-corrected chi connectivity index (χ0v) is 15.4. The van der Waals surface area contributed by atoms with Gasteiger partial charge in [0.15, 0.2) is 5.96 Å². The van der Waals surface area contributed by atoms with Crippen molar-refractivity contribution in [2.24, 2.45) is 10.7 Å². The molecule has 2 rings (SSSR count). The Morgan fingerprint density at radius 3 is 2.30 bits per heavy atom. The van der Waals surface area contributed by atoms with E-state index in [2.05, 4.69) is 10.3 Å². The van der Waals surface area contributed by atoms with Gasteiger partial charge in [-0.3, -0.25) is 0 Å². The summed E-state index contributed by atoms with van der Waals surface area (Å²) in [4.78, 5) is 4.26. The maximum absolute atomic E-state index is 9.21. The Balaban J connectivity index is 0.00000264. The van der Waals surface area contributed by atoms with Crippen molar-refractivity contribution >= 4 is 29.9 Å². The number of phenolic OH excluding ortho intramolecular Hbond substituents is 1. The third-order valence-corrected chi connectivity index (χ3v) is 3.25. The van der Waals surface area contributed by atoms with E-state index in [1.807, 2.05) is 36.4 Å². The lowest BCUT2D eigenvalue weighted by molar-refractivity contribution is 0.414. The number of nitrogens with two attached hydrogens (primary N) is 1. The fourth-order valence-electron chi connectivity index (χ4n) is 1.96. The highest BCUT2D eigenvalue weighted by atomic mass is 127. The number of nitrogens with one attached hydrogen (secondary N) is 1. The van der Waals surface area contributed by atoms with E-state index in [9.17, 15) is 5.11 Å². The molecule has 0 fully saturated rings. The second kappa shape index (κ2) is 9.94. The van der Waals surface area contributed by atoms with Crippen LogP contribution >= 0.6 is 24.0 Å². The smallest absolute Gasteiger partial charge is 0.188 e. The Morgan fingerprint density at radius 2 is 1.70 bits per heavy atom. The van der Waals surface area contributed by atoms with Crippen molar-refractivity contribution in [3.05, 3.63) is 59.7 Å². The van der Waals surface area contributed by atoms with Crippen LogP contribution in [-0.4, -0.2) is 24.7 Å². The number of ether oxygens (including phenoxy) is 1. The van der Waals surface area contributed by atoms with E-state index in [4.69, 9.17) is 10.5 Å². The van der Waals surface area contributed by atoms with Gasteiger partial charge in [0.05, 0.1) is 13.7 Å². The van der Waals surface area contributed by atoms with Crippen LogP contribution in [0.2, 0.25) is 0 Å². The molecule has 2 aromatic carbocycles. The summed E-state index contributed by atoms with van der Waals surface area (Å²) in [7, 11) is 1.65. The minimum Gasteiger partial charge on any atom is -0.508 e. The molecule has 0 spiro atoms. The van der Waals surface area contributed by atoms with E-state index in [-0.39, 0.29) is 29.7 Å². The minimum atomic E-state index is 0. The van der Waals surface area contributed by atoms with Crippen molar-refractivity contribution in [1.29, 1.82) is 0 Å². The zero-order valence-electron chi connectivity index (χ0n) is 13.0. The fraction of sp³-hybridized carbons (Fsp3) is 0.235. The number of guanidine groups is 1. The number of halogens is 1. The zero-order chi connectivity index (χ0) is 15.8. The van der Waals surface area contributed by atoms with Gasteiger partial charge in [-0.25, -0.2) is 4.99 Å². The van der Waals surface area contributed by atoms with Crippen LogP contribution in [0, 0.1) is 0 Å². The lowest BCUT2D eigenvalue weighted by Crippen LogP contribution is -2.33. The van der Waals surface area contributed by atoms with Crippen LogP contribution in [0.15, 0.2) is 53.5 Å². The molecular weight excluding hydrogens is 405 g/mol. The van der Waals surface area contributed by atoms with Gasteiger partial charge in [-0.1, -0.05) is 24.3 Å². The highest BCUT2D eigenvalue weighted by Gasteiger charge is 1.97. The quantitative estimate of drug-likeness (QED) is 0.376. The van der Waals surface area contributed by atoms with E-state index in [0.717, 1.165) is 24.3 Å². The van der Waals surface area contributed by atoms with Crippen molar-refractivity contribution in [3.63, 3.8) is 0 Å². The van der Waals surface area contributed by atoms with Gasteiger partial charge in [0.25, 0.3) is 0 Å². The number of phenols is 1. The van der Waals surface area contributed by atoms with Crippen LogP contribution in [0.5, 0.6) is 11.5 Å². The molecular formula is C17H22IN3O2. The molecule has 0 radical (unpaired) electrons. The van der Waals surface area contributed by atoms with Crippen molar-refractivity contribution in [2.45, 2.75) is 13.0 Å². The van der Waals surface area contributed by atoms with Crippen LogP contribution < -0.4 is 15.8 Å². The van der Waals surface area contributed by atoms with Gasteiger partial charge in [0, 0.05) is 6.54 Å². The number of benzene rings is 2. The molecule has 0 heterocycles. The van der Waals surface area contributed by atoms with Crippen LogP contribution in [-0.2, 0) is 13.0 Å². The van der Waals surface area contributed by atoms with Gasteiger partial charge in [-0.2, -0.15) is 0 Å². The first-order valence-electron chi connectivity index (χ1n) is 7.12. The topological polar surface area (TPSA) is 79.9 Å². The third kappa shape index (κ3) is 6.77. The standard InChI is InChI=1S/C17H21N3O2.HI/c1-22-16-8-4-13(5-9-16)10-11-19-17(18)20-12-14-2-6-15(21)7-3-14;/h2-9,21H,10-12H2,1H3,(H3,18,19,20);1H. The van der Waals surface area contributed by atoms with Crippen LogP contribution in [0.25, 0.3) is 0 Å². The van der Waals surface area contributed by atoms with Crippen molar-refractivity contribution in [1.82, 2.24) is 5.32 Å². The summed E-state index contributed by atoms with van der Waals surface area (Å²) in [5, 5.41) is 12.3. The van der Waals surface area contributed by atoms with Crippen LogP contribution in [0.3, 0.4) is 0 Å². The third-order valence-electron chi connectivity index (χ3n) is 3.25. The molecule has 0 aromatic heterocycles. The molecule has 4 N–H and O–H groups in total. The first kappa shape index (κ1) is 19.1. The molecule has 0 aliphatic carbocycles. The summed E-state index contributed by atoms with van der Waals surface area (Å²) in [6.07, 6.45) is 0.861. The van der Waals surface area contributed by atoms with Gasteiger partial charge >= 0.3 is 0 Å². The number of hydrogen-bond acceptors (Lipinski definition) is 3. The summed E-state index contributed by atoms with van der Waals surface area (Å²) in [5.74, 6) is 1.52. The molecule has 0 saturated carbocycles. The summed E-state index contributed by atoms with van der Waals surface area (Å²) in [5.41, 5.74) is 8.04. The van der Waals surface area contributed by atoms with Gasteiger partial charge < -0.3 is 20.9 Å². The Labute approximate surface area is 153 Å². The van der Waals surface area contributed by atoms with Gasteiger partial charge in [-0.05, 0) is 41.8 Å². The Kier molecular flexibility index (Phi) is 8.25. The Hall–Kier alpha value is -1.96. The number of nitrogens with zero attached hydrogens (tertiary/aromatic N) is 1. The molecule has 0 unspecified atom stereocenters. The molecule has 0 aliphatic heterocycles. The number of methoxy groups -OCH3 is 1. The normalized spacial score (nSPS) is 10.7. The van der Waals surface area contributed by atoms with E-state index < -0.39 is 0 Å². The first-order valence-corrected chi connectivity index (χ1v) is 7.12. The monoisotopic (exact) mass is 427 g/mol. The van der Waals surface area contributed by atoms with Gasteiger partial charge in [0.2, 0.25) is 0 Å². The molecule has 5 nitrogen and oxygen atoms in total. The molecule has 124 valence electrons. The fourth-order valence-corrected chi connectivity index (χ4v) is 1.96. The lowest BCUT2D eigenvalue weighted by Gasteiger charge is -2.07. The van der Waals surface area contributed by atoms with Crippen LogP contribution in [0.4, 0.5) is 0 Å². The predicted octanol–water partition coefficient (Wildman–Crippen LogP) is 2.67. The maximum atomic E-state index is 9.21. The van der Waals surface area contributed by atoms with Crippen LogP contribution in [0.1, 0.15) is 11.1 Å². The number of aliphatic imine (C=N–C) groups is 1. The second-order valence-electron chi connectivity index (χ2n) is 4.89. The van der Waals surface area contributed by atoms with Crippen molar-refractivity contribution < 1.29 is 9.84 Å². The van der Waals surface area contributed by atoms with E-state index >= 15 is 0 Å². The lowest BCUT2D eigenvalue weighted by atomic mass is 10.1. The summed E-state index contributed by atoms with van der Waals surface area (Å²) in [6.45, 7) is 1.21. The van der Waals surface area contributed by atoms with E-state index in [1.165, 1.54) is 5.56 Å². The second-order valence-corrected chi connectivity index (χ2v) is 4.89. The molecule has 6 heteroatoms. The van der Waals surface area contributed by atoms with Gasteiger partial charge in [0.1, 0.15) is 11.5 Å². The maximum Gasteiger partial charge on any atom is 0.188 e. The summed E-state index contributed by atoms with van der Waals surface area (Å²) < 4.78 is 5.12. The minimum absolute atomic E-state index is 0. The van der Waals surface area contributed by atoms with Crippen molar-refractivity contribution in [2.75, 3.05) is 13.7 Å². The largest absolute Gasteiger partial charge is 0.508 e. The molecule has 2 aromatic rings. The first-order chi connectivity index (χ1) is 10.7. The van der Waals surface area contributed by atoms with E-state index in [0.29, 0.717) is 12.5 Å². The summed E-state index contributed by atoms with van der Waals surface area (Å²) >= 11 is 0. The Bertz CT molecular complexity index is 613. The number of hydrogen-bond donors (Lipinski definition) is 3. The molecule has 0 atom stereocenters. The highest BCUT2D eigenvalue weighted by Crippen LogP contribution is 2.11. The van der Waals surface area contributed by atoms with Gasteiger partial charge in [-0.15, -0.1) is 24.0 Å². The number of rotatable bonds is 6.